The Morgan fingerprint density at radius 2 is 2.11 bits per heavy atom. The summed E-state index contributed by atoms with van der Waals surface area (Å²) in [7, 11) is 0. The molecule has 4 heteroatoms. The number of furan rings is 1. The van der Waals surface area contributed by atoms with Crippen molar-refractivity contribution in [2.45, 2.75) is 31.2 Å². The fourth-order valence-corrected chi connectivity index (χ4v) is 3.59. The highest BCUT2D eigenvalue weighted by molar-refractivity contribution is 7.10. The minimum absolute atomic E-state index is 0.115. The average molecular weight is 261 g/mol. The first-order valence-corrected chi connectivity index (χ1v) is 7.08. The minimum Gasteiger partial charge on any atom is -0.459 e. The maximum atomic E-state index is 12.2. The molecule has 2 aromatic heterocycles. The highest BCUT2D eigenvalue weighted by Gasteiger charge is 2.38. The summed E-state index contributed by atoms with van der Waals surface area (Å²) in [6.45, 7) is 0. The third-order valence-electron chi connectivity index (χ3n) is 3.55. The molecular weight excluding hydrogens is 246 g/mol. The Balaban J connectivity index is 1.85. The van der Waals surface area contributed by atoms with E-state index >= 15 is 0 Å². The van der Waals surface area contributed by atoms with Gasteiger partial charge in [-0.3, -0.25) is 4.79 Å². The van der Waals surface area contributed by atoms with Gasteiger partial charge in [0.25, 0.3) is 5.91 Å². The van der Waals surface area contributed by atoms with E-state index < -0.39 is 0 Å². The molecule has 0 aliphatic heterocycles. The van der Waals surface area contributed by atoms with Crippen LogP contribution >= 0.6 is 11.3 Å². The Bertz CT molecular complexity index is 510. The van der Waals surface area contributed by atoms with Gasteiger partial charge in [-0.1, -0.05) is 18.9 Å². The fourth-order valence-electron chi connectivity index (χ4n) is 2.65. The Hall–Kier alpha value is -1.55. The molecule has 0 aromatic carbocycles. The number of rotatable bonds is 3. The first-order valence-electron chi connectivity index (χ1n) is 6.20. The number of hydrogen-bond donors (Lipinski definition) is 1. The van der Waals surface area contributed by atoms with Crippen molar-refractivity contribution in [1.82, 2.24) is 5.32 Å². The molecule has 0 spiro atoms. The lowest BCUT2D eigenvalue weighted by molar-refractivity contribution is 0.0871. The molecule has 2 aromatic rings. The van der Waals surface area contributed by atoms with Gasteiger partial charge in [-0.05, 0) is 36.4 Å². The van der Waals surface area contributed by atoms with E-state index in [1.54, 1.807) is 23.5 Å². The second kappa shape index (κ2) is 4.61. The van der Waals surface area contributed by atoms with E-state index in [0.29, 0.717) is 5.76 Å². The van der Waals surface area contributed by atoms with Gasteiger partial charge in [0.05, 0.1) is 11.8 Å². The number of carbonyl (C=O) groups excluding carboxylic acids is 1. The zero-order valence-corrected chi connectivity index (χ0v) is 10.8. The van der Waals surface area contributed by atoms with Gasteiger partial charge in [-0.15, -0.1) is 11.3 Å². The van der Waals surface area contributed by atoms with E-state index in [2.05, 4.69) is 16.8 Å². The van der Waals surface area contributed by atoms with Crippen LogP contribution in [0.25, 0.3) is 0 Å². The predicted octanol–water partition coefficient (Wildman–Crippen LogP) is 3.54. The van der Waals surface area contributed by atoms with Crippen molar-refractivity contribution in [3.63, 3.8) is 0 Å². The fraction of sp³-hybridized carbons (Fsp3) is 0.357. The molecule has 0 bridgehead atoms. The summed E-state index contributed by atoms with van der Waals surface area (Å²) in [4.78, 5) is 13.4. The molecular formula is C14H15NO2S. The molecule has 1 N–H and O–H groups in total. The largest absolute Gasteiger partial charge is 0.459 e. The molecule has 1 aliphatic rings. The Morgan fingerprint density at radius 1 is 1.28 bits per heavy atom. The summed E-state index contributed by atoms with van der Waals surface area (Å²) in [5.41, 5.74) is -0.182. The van der Waals surface area contributed by atoms with Crippen molar-refractivity contribution in [1.29, 1.82) is 0 Å². The summed E-state index contributed by atoms with van der Waals surface area (Å²) in [6.07, 6.45) is 5.88. The van der Waals surface area contributed by atoms with Crippen molar-refractivity contribution in [2.75, 3.05) is 0 Å². The monoisotopic (exact) mass is 261 g/mol. The van der Waals surface area contributed by atoms with Crippen LogP contribution in [0.5, 0.6) is 0 Å². The van der Waals surface area contributed by atoms with Crippen molar-refractivity contribution in [2.24, 2.45) is 0 Å². The van der Waals surface area contributed by atoms with E-state index in [4.69, 9.17) is 4.42 Å². The normalized spacial score (nSPS) is 17.8. The van der Waals surface area contributed by atoms with Crippen LogP contribution in [0.3, 0.4) is 0 Å². The zero-order chi connectivity index (χ0) is 12.4. The molecule has 3 rings (SSSR count). The lowest BCUT2D eigenvalue weighted by atomic mass is 9.95. The summed E-state index contributed by atoms with van der Waals surface area (Å²) in [5.74, 6) is 0.271. The summed E-state index contributed by atoms with van der Waals surface area (Å²) >= 11 is 1.71. The number of carbonyl (C=O) groups is 1. The third-order valence-corrected chi connectivity index (χ3v) is 4.62. The first kappa shape index (κ1) is 11.5. The Labute approximate surface area is 110 Å². The molecule has 18 heavy (non-hydrogen) atoms. The molecule has 2 heterocycles. The maximum absolute atomic E-state index is 12.2. The molecule has 0 unspecified atom stereocenters. The van der Waals surface area contributed by atoms with Crippen LogP contribution in [0.15, 0.2) is 40.3 Å². The topological polar surface area (TPSA) is 42.2 Å². The van der Waals surface area contributed by atoms with Crippen LogP contribution in [-0.4, -0.2) is 5.91 Å². The standard InChI is InChI=1S/C14H15NO2S/c16-13(11-5-3-9-17-11)15-14(7-1-2-8-14)12-6-4-10-18-12/h3-6,9-10H,1-2,7-8H2,(H,15,16). The van der Waals surface area contributed by atoms with Gasteiger partial charge in [0.15, 0.2) is 5.76 Å². The van der Waals surface area contributed by atoms with Crippen molar-refractivity contribution in [3.05, 3.63) is 46.5 Å². The smallest absolute Gasteiger partial charge is 0.287 e. The summed E-state index contributed by atoms with van der Waals surface area (Å²) in [6, 6.07) is 7.59. The van der Waals surface area contributed by atoms with Crippen LogP contribution in [0.1, 0.15) is 41.1 Å². The first-order chi connectivity index (χ1) is 8.80. The highest BCUT2D eigenvalue weighted by atomic mass is 32.1. The lowest BCUT2D eigenvalue weighted by Crippen LogP contribution is -2.43. The number of nitrogens with one attached hydrogen (secondary N) is 1. The van der Waals surface area contributed by atoms with Gasteiger partial charge in [0.2, 0.25) is 0 Å². The van der Waals surface area contributed by atoms with Crippen molar-refractivity contribution in [3.8, 4) is 0 Å². The minimum atomic E-state index is -0.182. The van der Waals surface area contributed by atoms with Gasteiger partial charge in [0.1, 0.15) is 0 Å². The van der Waals surface area contributed by atoms with Gasteiger partial charge < -0.3 is 9.73 Å². The van der Waals surface area contributed by atoms with E-state index in [-0.39, 0.29) is 11.4 Å². The molecule has 0 radical (unpaired) electrons. The van der Waals surface area contributed by atoms with Crippen molar-refractivity contribution >= 4 is 17.2 Å². The predicted molar refractivity (Wildman–Crippen MR) is 70.6 cm³/mol. The lowest BCUT2D eigenvalue weighted by Gasteiger charge is -2.28. The number of amides is 1. The van der Waals surface area contributed by atoms with E-state index in [1.165, 1.54) is 11.1 Å². The SMILES string of the molecule is O=C(NC1(c2cccs2)CCCC1)c1ccco1. The zero-order valence-electron chi connectivity index (χ0n) is 10.0. The van der Waals surface area contributed by atoms with Crippen LogP contribution < -0.4 is 5.32 Å². The summed E-state index contributed by atoms with van der Waals surface area (Å²) < 4.78 is 5.16. The quantitative estimate of drug-likeness (QED) is 0.918. The number of hydrogen-bond acceptors (Lipinski definition) is 3. The van der Waals surface area contributed by atoms with E-state index in [0.717, 1.165) is 25.7 Å². The second-order valence-corrected chi connectivity index (χ2v) is 5.65. The van der Waals surface area contributed by atoms with Crippen molar-refractivity contribution < 1.29 is 9.21 Å². The van der Waals surface area contributed by atoms with Gasteiger partial charge >= 0.3 is 0 Å². The highest BCUT2D eigenvalue weighted by Crippen LogP contribution is 2.40. The van der Waals surface area contributed by atoms with Crippen LogP contribution in [0.2, 0.25) is 0 Å². The summed E-state index contributed by atoms with van der Waals surface area (Å²) in [5, 5.41) is 5.24. The molecule has 1 amide bonds. The van der Waals surface area contributed by atoms with Crippen LogP contribution in [-0.2, 0) is 5.54 Å². The third kappa shape index (κ3) is 1.97. The van der Waals surface area contributed by atoms with Gasteiger partial charge in [-0.2, -0.15) is 0 Å². The number of thiophene rings is 1. The Morgan fingerprint density at radius 3 is 2.72 bits per heavy atom. The molecule has 94 valence electrons. The van der Waals surface area contributed by atoms with Gasteiger partial charge in [-0.25, -0.2) is 0 Å². The van der Waals surface area contributed by atoms with Crippen LogP contribution in [0, 0.1) is 0 Å². The molecule has 0 saturated heterocycles. The van der Waals surface area contributed by atoms with Gasteiger partial charge in [0, 0.05) is 4.88 Å². The van der Waals surface area contributed by atoms with Crippen LogP contribution in [0.4, 0.5) is 0 Å². The Kier molecular flexibility index (Phi) is 2.96. The molecule has 1 fully saturated rings. The van der Waals surface area contributed by atoms with E-state index in [1.807, 2.05) is 6.07 Å². The molecule has 1 saturated carbocycles. The van der Waals surface area contributed by atoms with E-state index in [9.17, 15) is 4.79 Å². The molecule has 0 atom stereocenters. The molecule has 3 nitrogen and oxygen atoms in total. The average Bonchev–Trinajstić information content (AvgIpc) is 3.12. The maximum Gasteiger partial charge on any atom is 0.287 e. The molecule has 1 aliphatic carbocycles. The second-order valence-electron chi connectivity index (χ2n) is 4.70.